The largest absolute Gasteiger partial charge is 0.464 e. The molecule has 186 valence electrons. The third-order valence-corrected chi connectivity index (χ3v) is 6.77. The number of imidazole rings is 1. The molecule has 2 heterocycles. The predicted molar refractivity (Wildman–Crippen MR) is 116 cm³/mol. The van der Waals surface area contributed by atoms with Crippen LogP contribution in [0, 0.1) is 12.8 Å². The molecule has 0 aromatic carbocycles. The second-order valence-corrected chi connectivity index (χ2v) is 9.63. The predicted octanol–water partition coefficient (Wildman–Crippen LogP) is 4.95. The van der Waals surface area contributed by atoms with Crippen LogP contribution in [0.25, 0.3) is 5.65 Å². The van der Waals surface area contributed by atoms with Gasteiger partial charge in [0.05, 0.1) is 12.3 Å². The molecule has 4 rings (SSSR count). The molecule has 2 saturated carbocycles. The number of carbonyl (C=O) groups excluding carboxylic acids is 2. The highest BCUT2D eigenvalue weighted by molar-refractivity contribution is 6.00. The Bertz CT molecular complexity index is 1110. The molecule has 0 atom stereocenters. The fraction of sp³-hybridized carbons (Fsp3) is 0.625. The molecule has 34 heavy (non-hydrogen) atoms. The highest BCUT2D eigenvalue weighted by Gasteiger charge is 2.52. The van der Waals surface area contributed by atoms with Crippen molar-refractivity contribution < 1.29 is 31.9 Å². The summed E-state index contributed by atoms with van der Waals surface area (Å²) in [5, 5.41) is 2.72. The van der Waals surface area contributed by atoms with Crippen LogP contribution in [0.4, 0.5) is 17.6 Å². The Morgan fingerprint density at radius 1 is 1.21 bits per heavy atom. The molecule has 2 fully saturated rings. The zero-order chi connectivity index (χ0) is 24.9. The lowest BCUT2D eigenvalue weighted by molar-refractivity contribution is -0.146. The molecule has 0 saturated heterocycles. The minimum absolute atomic E-state index is 0.151. The van der Waals surface area contributed by atoms with E-state index in [1.807, 2.05) is 0 Å². The van der Waals surface area contributed by atoms with Crippen molar-refractivity contribution in [1.82, 2.24) is 14.7 Å². The van der Waals surface area contributed by atoms with Gasteiger partial charge in [0, 0.05) is 31.0 Å². The van der Waals surface area contributed by atoms with Crippen LogP contribution in [-0.2, 0) is 21.9 Å². The first-order chi connectivity index (χ1) is 15.8. The maximum atomic E-state index is 14.5. The van der Waals surface area contributed by atoms with Gasteiger partial charge in [0.15, 0.2) is 0 Å². The standard InChI is InChI=1S/C24H29F4N3O3/c1-4-34-21(33)23(9-10-23)30-20(32)16-11-14(2)31-17(12-15-5-7-24(27,28)8-6-15)19(22(3,25)26)29-18(31)13-16/h11,13,15H,4-10,12H2,1-3H3,(H,30,32). The van der Waals surface area contributed by atoms with Gasteiger partial charge in [-0.25, -0.2) is 18.6 Å². The molecular formula is C24H29F4N3O3. The molecule has 0 radical (unpaired) electrons. The Morgan fingerprint density at radius 2 is 1.85 bits per heavy atom. The number of halogens is 4. The van der Waals surface area contributed by atoms with E-state index in [4.69, 9.17) is 4.74 Å². The van der Waals surface area contributed by atoms with Crippen molar-refractivity contribution in [2.75, 3.05) is 6.61 Å². The van der Waals surface area contributed by atoms with E-state index in [0.717, 1.165) is 6.92 Å². The van der Waals surface area contributed by atoms with Crippen LogP contribution in [0.5, 0.6) is 0 Å². The normalized spacial score (nSPS) is 19.7. The number of ether oxygens (including phenoxy) is 1. The van der Waals surface area contributed by atoms with Crippen molar-refractivity contribution in [1.29, 1.82) is 0 Å². The number of pyridine rings is 1. The first-order valence-corrected chi connectivity index (χ1v) is 11.6. The summed E-state index contributed by atoms with van der Waals surface area (Å²) < 4.78 is 62.7. The SMILES string of the molecule is CCOC(=O)C1(NC(=O)c2cc(C)n3c(CC4CCC(F)(F)CC4)c(C(C)(F)F)nc3c2)CC1. The number of alkyl halides is 4. The molecular weight excluding hydrogens is 454 g/mol. The van der Waals surface area contributed by atoms with Gasteiger partial charge in [-0.2, -0.15) is 8.78 Å². The molecule has 2 aliphatic carbocycles. The fourth-order valence-corrected chi connectivity index (χ4v) is 4.75. The van der Waals surface area contributed by atoms with Gasteiger partial charge in [-0.05, 0) is 64.0 Å². The van der Waals surface area contributed by atoms with Gasteiger partial charge in [-0.15, -0.1) is 0 Å². The third-order valence-electron chi connectivity index (χ3n) is 6.77. The number of carbonyl (C=O) groups is 2. The fourth-order valence-electron chi connectivity index (χ4n) is 4.75. The van der Waals surface area contributed by atoms with Crippen LogP contribution in [-0.4, -0.2) is 39.3 Å². The van der Waals surface area contributed by atoms with E-state index in [-0.39, 0.29) is 61.5 Å². The molecule has 1 N–H and O–H groups in total. The van der Waals surface area contributed by atoms with Crippen molar-refractivity contribution in [3.63, 3.8) is 0 Å². The van der Waals surface area contributed by atoms with E-state index in [2.05, 4.69) is 10.3 Å². The van der Waals surface area contributed by atoms with Gasteiger partial charge in [0.2, 0.25) is 5.92 Å². The van der Waals surface area contributed by atoms with E-state index in [1.54, 1.807) is 24.3 Å². The Labute approximate surface area is 195 Å². The highest BCUT2D eigenvalue weighted by Crippen LogP contribution is 2.40. The van der Waals surface area contributed by atoms with Gasteiger partial charge in [0.25, 0.3) is 11.8 Å². The number of fused-ring (bicyclic) bond motifs is 1. The number of nitrogens with one attached hydrogen (secondary N) is 1. The average Bonchev–Trinajstić information content (AvgIpc) is 3.42. The maximum Gasteiger partial charge on any atom is 0.331 e. The first kappa shape index (κ1) is 24.5. The summed E-state index contributed by atoms with van der Waals surface area (Å²) in [4.78, 5) is 29.2. The zero-order valence-electron chi connectivity index (χ0n) is 19.5. The Morgan fingerprint density at radius 3 is 2.41 bits per heavy atom. The number of nitrogens with zero attached hydrogens (tertiary/aromatic N) is 2. The number of amides is 1. The number of aromatic nitrogens is 2. The highest BCUT2D eigenvalue weighted by atomic mass is 19.3. The summed E-state index contributed by atoms with van der Waals surface area (Å²) in [6.45, 7) is 4.32. The molecule has 0 bridgehead atoms. The van der Waals surface area contributed by atoms with E-state index in [0.29, 0.717) is 18.5 Å². The molecule has 6 nitrogen and oxygen atoms in total. The summed E-state index contributed by atoms with van der Waals surface area (Å²) in [7, 11) is 0. The molecule has 0 spiro atoms. The van der Waals surface area contributed by atoms with Crippen molar-refractivity contribution >= 4 is 17.5 Å². The molecule has 2 aromatic rings. The van der Waals surface area contributed by atoms with E-state index < -0.39 is 35.0 Å². The number of hydrogen-bond acceptors (Lipinski definition) is 4. The van der Waals surface area contributed by atoms with E-state index >= 15 is 0 Å². The maximum absolute atomic E-state index is 14.5. The second kappa shape index (κ2) is 8.53. The monoisotopic (exact) mass is 483 g/mol. The van der Waals surface area contributed by atoms with Gasteiger partial charge >= 0.3 is 5.97 Å². The van der Waals surface area contributed by atoms with Crippen LogP contribution in [0.1, 0.15) is 79.8 Å². The number of hydrogen-bond donors (Lipinski definition) is 1. The number of esters is 1. The molecule has 2 aromatic heterocycles. The summed E-state index contributed by atoms with van der Waals surface area (Å²) >= 11 is 0. The summed E-state index contributed by atoms with van der Waals surface area (Å²) in [6, 6.07) is 2.97. The minimum atomic E-state index is -3.24. The number of aryl methyl sites for hydroxylation is 1. The van der Waals surface area contributed by atoms with E-state index in [1.165, 1.54) is 6.07 Å². The van der Waals surface area contributed by atoms with Crippen LogP contribution in [0.3, 0.4) is 0 Å². The number of rotatable bonds is 7. The van der Waals surface area contributed by atoms with Gasteiger partial charge < -0.3 is 14.5 Å². The second-order valence-electron chi connectivity index (χ2n) is 9.63. The zero-order valence-corrected chi connectivity index (χ0v) is 19.5. The molecule has 1 amide bonds. The lowest BCUT2D eigenvalue weighted by Crippen LogP contribution is -2.44. The van der Waals surface area contributed by atoms with Crippen molar-refractivity contribution in [2.45, 2.75) is 83.1 Å². The van der Waals surface area contributed by atoms with E-state index in [9.17, 15) is 27.2 Å². The summed E-state index contributed by atoms with van der Waals surface area (Å²) in [5.41, 5.74) is -0.275. The first-order valence-electron chi connectivity index (χ1n) is 11.6. The van der Waals surface area contributed by atoms with Crippen LogP contribution >= 0.6 is 0 Å². The van der Waals surface area contributed by atoms with Crippen LogP contribution in [0.15, 0.2) is 12.1 Å². The van der Waals surface area contributed by atoms with Gasteiger partial charge in [-0.1, -0.05) is 0 Å². The summed E-state index contributed by atoms with van der Waals surface area (Å²) in [6.07, 6.45) is 1.15. The Kier molecular flexibility index (Phi) is 6.14. The quantitative estimate of drug-likeness (QED) is 0.447. The van der Waals surface area contributed by atoms with Crippen LogP contribution < -0.4 is 5.32 Å². The Hall–Kier alpha value is -2.65. The molecule has 10 heteroatoms. The Balaban J connectivity index is 1.65. The molecule has 0 aliphatic heterocycles. The summed E-state index contributed by atoms with van der Waals surface area (Å²) in [5.74, 6) is -7.09. The topological polar surface area (TPSA) is 72.7 Å². The smallest absolute Gasteiger partial charge is 0.331 e. The van der Waals surface area contributed by atoms with Gasteiger partial charge in [0.1, 0.15) is 16.9 Å². The van der Waals surface area contributed by atoms with Crippen molar-refractivity contribution in [2.24, 2.45) is 5.92 Å². The molecule has 0 unspecified atom stereocenters. The third kappa shape index (κ3) is 4.77. The van der Waals surface area contributed by atoms with Crippen molar-refractivity contribution in [3.8, 4) is 0 Å². The minimum Gasteiger partial charge on any atom is -0.464 e. The lowest BCUT2D eigenvalue weighted by atomic mass is 9.83. The lowest BCUT2D eigenvalue weighted by Gasteiger charge is -2.28. The van der Waals surface area contributed by atoms with Crippen molar-refractivity contribution in [3.05, 3.63) is 34.8 Å². The van der Waals surface area contributed by atoms with Gasteiger partial charge in [-0.3, -0.25) is 4.79 Å². The molecule has 2 aliphatic rings. The average molecular weight is 484 g/mol. The van der Waals surface area contributed by atoms with Crippen LogP contribution in [0.2, 0.25) is 0 Å².